The minimum Gasteiger partial charge on any atom is -0.309 e. The lowest BCUT2D eigenvalue weighted by Crippen LogP contribution is -2.21. The molecule has 17 heavy (non-hydrogen) atoms. The molecule has 0 atom stereocenters. The highest BCUT2D eigenvalue weighted by molar-refractivity contribution is 5.18. The first kappa shape index (κ1) is 11.8. The van der Waals surface area contributed by atoms with Crippen molar-refractivity contribution in [1.82, 2.24) is 30.1 Å². The zero-order valence-electron chi connectivity index (χ0n) is 10.5. The van der Waals surface area contributed by atoms with Crippen molar-refractivity contribution in [2.24, 2.45) is 0 Å². The molecule has 0 aliphatic rings. The third-order valence-corrected chi connectivity index (χ3v) is 2.42. The van der Waals surface area contributed by atoms with Crippen molar-refractivity contribution in [2.45, 2.75) is 39.9 Å². The molecule has 2 heterocycles. The Morgan fingerprint density at radius 2 is 2.24 bits per heavy atom. The van der Waals surface area contributed by atoms with Gasteiger partial charge >= 0.3 is 0 Å². The van der Waals surface area contributed by atoms with Crippen molar-refractivity contribution in [3.8, 4) is 5.82 Å². The Kier molecular flexibility index (Phi) is 3.53. The van der Waals surface area contributed by atoms with E-state index in [1.54, 1.807) is 4.68 Å². The van der Waals surface area contributed by atoms with Gasteiger partial charge < -0.3 is 5.32 Å². The Balaban J connectivity index is 2.07. The first-order chi connectivity index (χ1) is 8.19. The van der Waals surface area contributed by atoms with E-state index in [-0.39, 0.29) is 0 Å². The van der Waals surface area contributed by atoms with Crippen LogP contribution in [0.2, 0.25) is 0 Å². The smallest absolute Gasteiger partial charge is 0.176 e. The van der Waals surface area contributed by atoms with Crippen LogP contribution >= 0.6 is 0 Å². The molecule has 6 heteroatoms. The van der Waals surface area contributed by atoms with Crippen LogP contribution in [0, 0.1) is 0 Å². The van der Waals surface area contributed by atoms with E-state index in [0.717, 1.165) is 24.6 Å². The number of hydrogen-bond donors (Lipinski definition) is 1. The molecular weight excluding hydrogens is 216 g/mol. The summed E-state index contributed by atoms with van der Waals surface area (Å²) >= 11 is 0. The molecular formula is C11H18N6. The molecule has 0 aromatic carbocycles. The number of aryl methyl sites for hydroxylation is 1. The average Bonchev–Trinajstić information content (AvgIpc) is 2.94. The Bertz CT molecular complexity index is 470. The summed E-state index contributed by atoms with van der Waals surface area (Å²) in [6.07, 6.45) is 3.83. The van der Waals surface area contributed by atoms with Gasteiger partial charge in [-0.3, -0.25) is 4.68 Å². The van der Waals surface area contributed by atoms with Crippen LogP contribution in [0.25, 0.3) is 5.82 Å². The quantitative estimate of drug-likeness (QED) is 0.837. The van der Waals surface area contributed by atoms with Crippen molar-refractivity contribution in [2.75, 3.05) is 0 Å². The molecule has 0 fully saturated rings. The maximum Gasteiger partial charge on any atom is 0.176 e. The first-order valence-electron chi connectivity index (χ1n) is 5.87. The van der Waals surface area contributed by atoms with Crippen LogP contribution in [0.4, 0.5) is 0 Å². The Hall–Kier alpha value is -1.69. The van der Waals surface area contributed by atoms with Crippen molar-refractivity contribution >= 4 is 0 Å². The molecule has 0 bridgehead atoms. The second kappa shape index (κ2) is 5.09. The summed E-state index contributed by atoms with van der Waals surface area (Å²) < 4.78 is 3.56. The van der Waals surface area contributed by atoms with E-state index in [2.05, 4.69) is 41.5 Å². The molecule has 0 aliphatic carbocycles. The highest BCUT2D eigenvalue weighted by Gasteiger charge is 2.05. The van der Waals surface area contributed by atoms with Gasteiger partial charge in [0.1, 0.15) is 0 Å². The van der Waals surface area contributed by atoms with Gasteiger partial charge in [-0.2, -0.15) is 5.10 Å². The summed E-state index contributed by atoms with van der Waals surface area (Å²) in [5.74, 6) is 0.801. The lowest BCUT2D eigenvalue weighted by molar-refractivity contribution is 0.580. The van der Waals surface area contributed by atoms with Crippen molar-refractivity contribution in [3.05, 3.63) is 24.2 Å². The fourth-order valence-electron chi connectivity index (χ4n) is 1.45. The van der Waals surface area contributed by atoms with Gasteiger partial charge in [0.05, 0.1) is 11.9 Å². The second-order valence-electron chi connectivity index (χ2n) is 4.22. The van der Waals surface area contributed by atoms with Gasteiger partial charge in [0, 0.05) is 31.4 Å². The Morgan fingerprint density at radius 1 is 1.41 bits per heavy atom. The Morgan fingerprint density at radius 3 is 2.88 bits per heavy atom. The van der Waals surface area contributed by atoms with Gasteiger partial charge in [-0.1, -0.05) is 19.1 Å². The Labute approximate surface area is 101 Å². The molecule has 0 radical (unpaired) electrons. The molecule has 2 aromatic rings. The van der Waals surface area contributed by atoms with E-state index >= 15 is 0 Å². The average molecular weight is 234 g/mol. The molecule has 2 aromatic heterocycles. The van der Waals surface area contributed by atoms with E-state index in [0.29, 0.717) is 6.04 Å². The molecule has 2 rings (SSSR count). The van der Waals surface area contributed by atoms with E-state index in [9.17, 15) is 0 Å². The lowest BCUT2D eigenvalue weighted by Gasteiger charge is -2.03. The third-order valence-electron chi connectivity index (χ3n) is 2.42. The normalized spacial score (nSPS) is 11.3. The number of rotatable bonds is 5. The van der Waals surface area contributed by atoms with Crippen LogP contribution in [0.15, 0.2) is 18.5 Å². The van der Waals surface area contributed by atoms with Crippen molar-refractivity contribution in [3.63, 3.8) is 0 Å². The third kappa shape index (κ3) is 2.91. The van der Waals surface area contributed by atoms with Crippen LogP contribution in [-0.2, 0) is 13.1 Å². The SMILES string of the molecule is CCn1ccc(-n2cc(CNC(C)C)nn2)n1. The lowest BCUT2D eigenvalue weighted by atomic mass is 10.3. The van der Waals surface area contributed by atoms with Crippen LogP contribution in [0.3, 0.4) is 0 Å². The van der Waals surface area contributed by atoms with Crippen molar-refractivity contribution < 1.29 is 0 Å². The van der Waals surface area contributed by atoms with Gasteiger partial charge in [0.25, 0.3) is 0 Å². The predicted molar refractivity (Wildman–Crippen MR) is 64.8 cm³/mol. The monoisotopic (exact) mass is 234 g/mol. The van der Waals surface area contributed by atoms with Gasteiger partial charge in [0.2, 0.25) is 0 Å². The van der Waals surface area contributed by atoms with Gasteiger partial charge in [-0.15, -0.1) is 5.10 Å². The minimum absolute atomic E-state index is 0.444. The van der Waals surface area contributed by atoms with E-state index in [1.165, 1.54) is 0 Å². The fourth-order valence-corrected chi connectivity index (χ4v) is 1.45. The zero-order valence-corrected chi connectivity index (χ0v) is 10.5. The van der Waals surface area contributed by atoms with E-state index in [1.807, 2.05) is 23.1 Å². The van der Waals surface area contributed by atoms with Crippen molar-refractivity contribution in [1.29, 1.82) is 0 Å². The summed E-state index contributed by atoms with van der Waals surface area (Å²) in [7, 11) is 0. The van der Waals surface area contributed by atoms with Crippen LogP contribution in [0.5, 0.6) is 0 Å². The molecule has 92 valence electrons. The summed E-state index contributed by atoms with van der Waals surface area (Å²) in [6.45, 7) is 7.85. The predicted octanol–water partition coefficient (Wildman–Crippen LogP) is 0.982. The first-order valence-corrected chi connectivity index (χ1v) is 5.87. The van der Waals surface area contributed by atoms with E-state index in [4.69, 9.17) is 0 Å². The maximum atomic E-state index is 4.36. The highest BCUT2D eigenvalue weighted by Crippen LogP contribution is 2.03. The van der Waals surface area contributed by atoms with Gasteiger partial charge in [-0.25, -0.2) is 4.68 Å². The number of hydrogen-bond acceptors (Lipinski definition) is 4. The summed E-state index contributed by atoms with van der Waals surface area (Å²) in [4.78, 5) is 0. The number of nitrogens with zero attached hydrogens (tertiary/aromatic N) is 5. The van der Waals surface area contributed by atoms with E-state index < -0.39 is 0 Å². The molecule has 0 saturated heterocycles. The molecule has 6 nitrogen and oxygen atoms in total. The summed E-state index contributed by atoms with van der Waals surface area (Å²) in [5, 5.41) is 15.8. The highest BCUT2D eigenvalue weighted by atomic mass is 15.5. The zero-order chi connectivity index (χ0) is 12.3. The molecule has 0 unspecified atom stereocenters. The molecule has 1 N–H and O–H groups in total. The van der Waals surface area contributed by atoms with Gasteiger partial charge in [0.15, 0.2) is 5.82 Å². The van der Waals surface area contributed by atoms with Crippen LogP contribution < -0.4 is 5.32 Å². The minimum atomic E-state index is 0.444. The van der Waals surface area contributed by atoms with Crippen LogP contribution in [-0.4, -0.2) is 30.8 Å². The topological polar surface area (TPSA) is 60.6 Å². The standard InChI is InChI=1S/C11H18N6/c1-4-16-6-5-11(14-16)17-8-10(13-15-17)7-12-9(2)3/h5-6,8-9,12H,4,7H2,1-3H3. The number of aromatic nitrogens is 5. The van der Waals surface area contributed by atoms with Crippen LogP contribution in [0.1, 0.15) is 26.5 Å². The molecule has 0 saturated carbocycles. The molecule has 0 spiro atoms. The largest absolute Gasteiger partial charge is 0.309 e. The van der Waals surface area contributed by atoms with Gasteiger partial charge in [-0.05, 0) is 6.92 Å². The maximum absolute atomic E-state index is 4.36. The second-order valence-corrected chi connectivity index (χ2v) is 4.22. The molecule has 0 aliphatic heterocycles. The summed E-state index contributed by atoms with van der Waals surface area (Å²) in [6, 6.07) is 2.37. The fraction of sp³-hybridized carbons (Fsp3) is 0.545. The number of nitrogens with one attached hydrogen (secondary N) is 1. The molecule has 0 amide bonds. The summed E-state index contributed by atoms with van der Waals surface area (Å²) in [5.41, 5.74) is 0.921.